The van der Waals surface area contributed by atoms with Gasteiger partial charge in [-0.3, -0.25) is 9.48 Å². The second kappa shape index (κ2) is 9.31. The van der Waals surface area contributed by atoms with Crippen molar-refractivity contribution in [3.05, 3.63) is 77.5 Å². The van der Waals surface area contributed by atoms with Crippen molar-refractivity contribution in [3.63, 3.8) is 0 Å². The van der Waals surface area contributed by atoms with Crippen LogP contribution in [0.25, 0.3) is 22.0 Å². The molecule has 0 saturated carbocycles. The molecule has 0 spiro atoms. The van der Waals surface area contributed by atoms with E-state index in [1.807, 2.05) is 74.1 Å². The van der Waals surface area contributed by atoms with Crippen molar-refractivity contribution in [1.82, 2.24) is 20.4 Å². The highest BCUT2D eigenvalue weighted by Crippen LogP contribution is 2.30. The molecular weight excluding hydrogens is 424 g/mol. The van der Waals surface area contributed by atoms with Crippen LogP contribution in [0, 0.1) is 13.8 Å². The quantitative estimate of drug-likeness (QED) is 0.439. The molecule has 0 bridgehead atoms. The monoisotopic (exact) mass is 454 g/mol. The SMILES string of the molecule is Cc1cc(-c2cccc(Oc3ccc4c(C)nn(C)c4c3)c2)ccc1C(=O)NC1CCNCC1. The number of carbonyl (C=O) groups is 1. The van der Waals surface area contributed by atoms with Crippen LogP contribution in [0.1, 0.15) is 34.5 Å². The van der Waals surface area contributed by atoms with E-state index in [2.05, 4.69) is 27.9 Å². The maximum atomic E-state index is 12.8. The molecule has 1 aromatic heterocycles. The summed E-state index contributed by atoms with van der Waals surface area (Å²) in [6.45, 7) is 5.91. The number of fused-ring (bicyclic) bond motifs is 1. The van der Waals surface area contributed by atoms with E-state index >= 15 is 0 Å². The Morgan fingerprint density at radius 1 is 1.00 bits per heavy atom. The molecule has 1 aliphatic heterocycles. The third-order valence-electron chi connectivity index (χ3n) is 6.56. The van der Waals surface area contributed by atoms with Crippen molar-refractivity contribution in [1.29, 1.82) is 0 Å². The average molecular weight is 455 g/mol. The molecule has 34 heavy (non-hydrogen) atoms. The standard InChI is InChI=1S/C28H30N4O2/c1-18-15-21(7-9-25(18)28(33)30-22-11-13-29-14-12-22)20-5-4-6-23(16-20)34-24-8-10-26-19(2)31-32(3)27(26)17-24/h4-10,15-17,22,29H,11-14H2,1-3H3,(H,30,33). The molecule has 6 heteroatoms. The molecule has 1 fully saturated rings. The Kier molecular flexibility index (Phi) is 6.07. The van der Waals surface area contributed by atoms with Gasteiger partial charge in [-0.1, -0.05) is 24.3 Å². The van der Waals surface area contributed by atoms with Gasteiger partial charge in [0.1, 0.15) is 11.5 Å². The van der Waals surface area contributed by atoms with E-state index in [0.717, 1.165) is 76.3 Å². The number of amides is 1. The Labute approximate surface area is 199 Å². The smallest absolute Gasteiger partial charge is 0.251 e. The number of hydrogen-bond donors (Lipinski definition) is 2. The lowest BCUT2D eigenvalue weighted by atomic mass is 9.98. The molecule has 0 unspecified atom stereocenters. The predicted molar refractivity (Wildman–Crippen MR) is 135 cm³/mol. The zero-order valence-electron chi connectivity index (χ0n) is 19.9. The van der Waals surface area contributed by atoms with Crippen molar-refractivity contribution < 1.29 is 9.53 Å². The predicted octanol–water partition coefficient (Wildman–Crippen LogP) is 5.13. The number of hydrogen-bond acceptors (Lipinski definition) is 4. The van der Waals surface area contributed by atoms with E-state index in [1.165, 1.54) is 0 Å². The molecule has 3 aromatic carbocycles. The lowest BCUT2D eigenvalue weighted by Crippen LogP contribution is -2.42. The molecule has 1 aliphatic rings. The van der Waals surface area contributed by atoms with E-state index < -0.39 is 0 Å². The van der Waals surface area contributed by atoms with E-state index in [1.54, 1.807) is 0 Å². The van der Waals surface area contributed by atoms with Crippen molar-refractivity contribution in [2.75, 3.05) is 13.1 Å². The minimum absolute atomic E-state index is 0.00817. The Bertz CT molecular complexity index is 1350. The summed E-state index contributed by atoms with van der Waals surface area (Å²) < 4.78 is 8.05. The third kappa shape index (κ3) is 4.54. The highest BCUT2D eigenvalue weighted by Gasteiger charge is 2.18. The molecule has 0 atom stereocenters. The van der Waals surface area contributed by atoms with Crippen LogP contribution in [-0.2, 0) is 7.05 Å². The van der Waals surface area contributed by atoms with Gasteiger partial charge in [0.15, 0.2) is 0 Å². The molecule has 2 N–H and O–H groups in total. The first-order valence-electron chi connectivity index (χ1n) is 11.8. The molecule has 0 aliphatic carbocycles. The Balaban J connectivity index is 1.34. The molecule has 174 valence electrons. The van der Waals surface area contributed by atoms with E-state index in [-0.39, 0.29) is 11.9 Å². The zero-order valence-corrected chi connectivity index (χ0v) is 19.9. The van der Waals surface area contributed by atoms with Gasteiger partial charge in [0.25, 0.3) is 5.91 Å². The largest absolute Gasteiger partial charge is 0.457 e. The highest BCUT2D eigenvalue weighted by molar-refractivity contribution is 5.96. The van der Waals surface area contributed by atoms with Gasteiger partial charge in [-0.2, -0.15) is 5.10 Å². The summed E-state index contributed by atoms with van der Waals surface area (Å²) in [5.74, 6) is 1.55. The summed E-state index contributed by atoms with van der Waals surface area (Å²) in [7, 11) is 1.94. The number of rotatable bonds is 5. The number of ether oxygens (including phenoxy) is 1. The van der Waals surface area contributed by atoms with Gasteiger partial charge < -0.3 is 15.4 Å². The normalized spacial score (nSPS) is 14.3. The molecule has 4 aromatic rings. The Morgan fingerprint density at radius 3 is 2.56 bits per heavy atom. The number of piperidine rings is 1. The second-order valence-corrected chi connectivity index (χ2v) is 9.05. The van der Waals surface area contributed by atoms with Crippen molar-refractivity contribution in [2.24, 2.45) is 7.05 Å². The fraction of sp³-hybridized carbons (Fsp3) is 0.286. The number of aryl methyl sites for hydroxylation is 3. The molecule has 5 rings (SSSR count). The van der Waals surface area contributed by atoms with Gasteiger partial charge >= 0.3 is 0 Å². The van der Waals surface area contributed by atoms with Crippen molar-refractivity contribution >= 4 is 16.8 Å². The van der Waals surface area contributed by atoms with Gasteiger partial charge in [0, 0.05) is 30.1 Å². The summed E-state index contributed by atoms with van der Waals surface area (Å²) in [4.78, 5) is 12.8. The van der Waals surface area contributed by atoms with Crippen LogP contribution >= 0.6 is 0 Å². The van der Waals surface area contributed by atoms with Crippen molar-refractivity contribution in [2.45, 2.75) is 32.7 Å². The fourth-order valence-electron chi connectivity index (χ4n) is 4.68. The number of aromatic nitrogens is 2. The maximum absolute atomic E-state index is 12.8. The fourth-order valence-corrected chi connectivity index (χ4v) is 4.68. The Hall–Kier alpha value is -3.64. The van der Waals surface area contributed by atoms with Crippen molar-refractivity contribution in [3.8, 4) is 22.6 Å². The molecule has 1 amide bonds. The number of nitrogens with zero attached hydrogens (tertiary/aromatic N) is 2. The topological polar surface area (TPSA) is 68.2 Å². The lowest BCUT2D eigenvalue weighted by Gasteiger charge is -2.24. The lowest BCUT2D eigenvalue weighted by molar-refractivity contribution is 0.0929. The molecule has 6 nitrogen and oxygen atoms in total. The summed E-state index contributed by atoms with van der Waals surface area (Å²) in [5, 5.41) is 12.1. The molecule has 0 radical (unpaired) electrons. The molecular formula is C28H30N4O2. The van der Waals surface area contributed by atoms with E-state index in [0.29, 0.717) is 0 Å². The minimum atomic E-state index is 0.00817. The summed E-state index contributed by atoms with van der Waals surface area (Å²) in [6.07, 6.45) is 1.95. The van der Waals surface area contributed by atoms with Gasteiger partial charge in [0.2, 0.25) is 0 Å². The van der Waals surface area contributed by atoms with Crippen LogP contribution in [0.15, 0.2) is 60.7 Å². The van der Waals surface area contributed by atoms with Crippen LogP contribution in [0.5, 0.6) is 11.5 Å². The molecule has 2 heterocycles. The average Bonchev–Trinajstić information content (AvgIpc) is 3.12. The third-order valence-corrected chi connectivity index (χ3v) is 6.56. The minimum Gasteiger partial charge on any atom is -0.457 e. The number of benzene rings is 3. The number of nitrogens with one attached hydrogen (secondary N) is 2. The number of carbonyl (C=O) groups excluding carboxylic acids is 1. The maximum Gasteiger partial charge on any atom is 0.251 e. The first kappa shape index (κ1) is 22.2. The van der Waals surface area contributed by atoms with Crippen LogP contribution < -0.4 is 15.4 Å². The first-order chi connectivity index (χ1) is 16.5. The van der Waals surface area contributed by atoms with Crippen LogP contribution in [0.4, 0.5) is 0 Å². The van der Waals surface area contributed by atoms with Gasteiger partial charge in [-0.15, -0.1) is 0 Å². The van der Waals surface area contributed by atoms with Gasteiger partial charge in [0.05, 0.1) is 11.2 Å². The first-order valence-corrected chi connectivity index (χ1v) is 11.8. The summed E-state index contributed by atoms with van der Waals surface area (Å²) in [6, 6.07) is 20.3. The molecule has 1 saturated heterocycles. The van der Waals surface area contributed by atoms with Gasteiger partial charge in [-0.05, 0) is 86.8 Å². The van der Waals surface area contributed by atoms with E-state index in [4.69, 9.17) is 4.74 Å². The summed E-state index contributed by atoms with van der Waals surface area (Å²) >= 11 is 0. The second-order valence-electron chi connectivity index (χ2n) is 9.05. The van der Waals surface area contributed by atoms with E-state index in [9.17, 15) is 4.79 Å². The van der Waals surface area contributed by atoms with Crippen LogP contribution in [-0.4, -0.2) is 34.8 Å². The highest BCUT2D eigenvalue weighted by atomic mass is 16.5. The zero-order chi connectivity index (χ0) is 23.7. The summed E-state index contributed by atoms with van der Waals surface area (Å²) in [5.41, 5.74) is 5.85. The van der Waals surface area contributed by atoms with Crippen LogP contribution in [0.3, 0.4) is 0 Å². The Morgan fingerprint density at radius 2 is 1.76 bits per heavy atom. The van der Waals surface area contributed by atoms with Gasteiger partial charge in [-0.25, -0.2) is 0 Å². The van der Waals surface area contributed by atoms with Crippen LogP contribution in [0.2, 0.25) is 0 Å².